The Labute approximate surface area is 199 Å². The van der Waals surface area contributed by atoms with Crippen LogP contribution in [0.5, 0.6) is 0 Å². The SMILES string of the molecule is CC(=O)Nc1cc(C(=O)N2CCN(c3ccc(S(=O)(=O)N4CCOCC4)cn3)CC2)ccc1C. The number of carbonyl (C=O) groups is 2. The van der Waals surface area contributed by atoms with Gasteiger partial charge >= 0.3 is 0 Å². The molecule has 2 fully saturated rings. The number of ether oxygens (including phenoxy) is 1. The van der Waals surface area contributed by atoms with Crippen molar-refractivity contribution in [3.8, 4) is 0 Å². The fraction of sp³-hybridized carbons (Fsp3) is 0.435. The maximum Gasteiger partial charge on any atom is 0.254 e. The molecule has 2 saturated heterocycles. The molecule has 0 saturated carbocycles. The fourth-order valence-corrected chi connectivity index (χ4v) is 5.40. The third kappa shape index (κ3) is 5.21. The van der Waals surface area contributed by atoms with Crippen molar-refractivity contribution in [1.29, 1.82) is 0 Å². The van der Waals surface area contributed by atoms with Crippen molar-refractivity contribution in [1.82, 2.24) is 14.2 Å². The number of nitrogens with zero attached hydrogens (tertiary/aromatic N) is 4. The van der Waals surface area contributed by atoms with Crippen LogP contribution in [0.25, 0.3) is 0 Å². The quantitative estimate of drug-likeness (QED) is 0.677. The number of amides is 2. The number of benzene rings is 1. The minimum atomic E-state index is -3.58. The van der Waals surface area contributed by atoms with Gasteiger partial charge in [0, 0.05) is 63.6 Å². The molecule has 1 N–H and O–H groups in total. The van der Waals surface area contributed by atoms with E-state index in [9.17, 15) is 18.0 Å². The molecule has 182 valence electrons. The van der Waals surface area contributed by atoms with E-state index in [1.54, 1.807) is 29.2 Å². The Morgan fingerprint density at radius 1 is 1.00 bits per heavy atom. The molecule has 3 heterocycles. The average Bonchev–Trinajstić information content (AvgIpc) is 2.85. The lowest BCUT2D eigenvalue weighted by molar-refractivity contribution is -0.114. The number of carbonyl (C=O) groups excluding carboxylic acids is 2. The number of sulfonamides is 1. The second kappa shape index (κ2) is 10.1. The third-order valence-electron chi connectivity index (χ3n) is 6.01. The maximum atomic E-state index is 13.0. The normalized spacial score (nSPS) is 17.5. The summed E-state index contributed by atoms with van der Waals surface area (Å²) in [4.78, 5) is 32.8. The minimum absolute atomic E-state index is 0.0915. The lowest BCUT2D eigenvalue weighted by atomic mass is 10.1. The monoisotopic (exact) mass is 487 g/mol. The highest BCUT2D eigenvalue weighted by Crippen LogP contribution is 2.22. The predicted molar refractivity (Wildman–Crippen MR) is 127 cm³/mol. The standard InChI is InChI=1S/C23H29N5O5S/c1-17-3-4-19(15-21(17)25-18(2)29)23(30)27-9-7-26(8-10-27)22-6-5-20(16-24-22)34(31,32)28-11-13-33-14-12-28/h3-6,15-16H,7-14H2,1-2H3,(H,25,29). The molecule has 0 bridgehead atoms. The number of rotatable bonds is 5. The van der Waals surface area contributed by atoms with Crippen molar-refractivity contribution in [2.24, 2.45) is 0 Å². The maximum absolute atomic E-state index is 13.0. The zero-order chi connectivity index (χ0) is 24.3. The van der Waals surface area contributed by atoms with Crippen LogP contribution in [-0.2, 0) is 19.6 Å². The van der Waals surface area contributed by atoms with Gasteiger partial charge in [0.1, 0.15) is 10.7 Å². The van der Waals surface area contributed by atoms with Gasteiger partial charge in [0.05, 0.1) is 13.2 Å². The highest BCUT2D eigenvalue weighted by Gasteiger charge is 2.28. The molecular weight excluding hydrogens is 458 g/mol. The first-order chi connectivity index (χ1) is 16.3. The van der Waals surface area contributed by atoms with Gasteiger partial charge in [0.2, 0.25) is 15.9 Å². The van der Waals surface area contributed by atoms with Crippen LogP contribution >= 0.6 is 0 Å². The first kappa shape index (κ1) is 24.1. The first-order valence-corrected chi connectivity index (χ1v) is 12.7. The molecule has 4 rings (SSSR count). The van der Waals surface area contributed by atoms with Crippen LogP contribution in [0.2, 0.25) is 0 Å². The Morgan fingerprint density at radius 3 is 2.32 bits per heavy atom. The van der Waals surface area contributed by atoms with E-state index >= 15 is 0 Å². The topological polar surface area (TPSA) is 112 Å². The zero-order valence-electron chi connectivity index (χ0n) is 19.4. The molecular formula is C23H29N5O5S. The van der Waals surface area contributed by atoms with Crippen LogP contribution in [0.1, 0.15) is 22.8 Å². The first-order valence-electron chi connectivity index (χ1n) is 11.2. The number of anilines is 2. The van der Waals surface area contributed by atoms with Crippen LogP contribution in [-0.4, -0.2) is 86.9 Å². The highest BCUT2D eigenvalue weighted by molar-refractivity contribution is 7.89. The molecule has 2 amide bonds. The van der Waals surface area contributed by atoms with Gasteiger partial charge in [0.15, 0.2) is 0 Å². The summed E-state index contributed by atoms with van der Waals surface area (Å²) in [5.41, 5.74) is 2.05. The number of piperazine rings is 1. The molecule has 1 aromatic carbocycles. The number of hydrogen-bond donors (Lipinski definition) is 1. The second-order valence-electron chi connectivity index (χ2n) is 8.36. The summed E-state index contributed by atoms with van der Waals surface area (Å²) in [6.07, 6.45) is 1.40. The fourth-order valence-electron chi connectivity index (χ4n) is 4.05. The van der Waals surface area contributed by atoms with Gasteiger partial charge in [-0.1, -0.05) is 6.07 Å². The van der Waals surface area contributed by atoms with Crippen molar-refractivity contribution in [3.05, 3.63) is 47.7 Å². The molecule has 2 aliphatic heterocycles. The molecule has 0 spiro atoms. The zero-order valence-corrected chi connectivity index (χ0v) is 20.2. The van der Waals surface area contributed by atoms with Gasteiger partial charge in [-0.15, -0.1) is 0 Å². The van der Waals surface area contributed by atoms with Crippen LogP contribution in [0.3, 0.4) is 0 Å². The van der Waals surface area contributed by atoms with Gasteiger partial charge < -0.3 is 19.9 Å². The Kier molecular flexibility index (Phi) is 7.15. The average molecular weight is 488 g/mol. The number of morpholine rings is 1. The Morgan fingerprint density at radius 2 is 1.71 bits per heavy atom. The van der Waals surface area contributed by atoms with Crippen molar-refractivity contribution in [2.45, 2.75) is 18.7 Å². The van der Waals surface area contributed by atoms with E-state index in [-0.39, 0.29) is 16.7 Å². The van der Waals surface area contributed by atoms with Crippen molar-refractivity contribution in [2.75, 3.05) is 62.7 Å². The van der Waals surface area contributed by atoms with E-state index in [1.807, 2.05) is 17.9 Å². The Bertz CT molecular complexity index is 1150. The van der Waals surface area contributed by atoms with E-state index in [0.717, 1.165) is 5.56 Å². The Hall–Kier alpha value is -3.02. The number of pyridine rings is 1. The Balaban J connectivity index is 1.38. The number of aryl methyl sites for hydroxylation is 1. The second-order valence-corrected chi connectivity index (χ2v) is 10.3. The lowest BCUT2D eigenvalue weighted by Gasteiger charge is -2.35. The highest BCUT2D eigenvalue weighted by atomic mass is 32.2. The molecule has 0 radical (unpaired) electrons. The molecule has 0 atom stereocenters. The van der Waals surface area contributed by atoms with Gasteiger partial charge in [-0.25, -0.2) is 13.4 Å². The summed E-state index contributed by atoms with van der Waals surface area (Å²) < 4.78 is 32.2. The summed E-state index contributed by atoms with van der Waals surface area (Å²) in [7, 11) is -3.58. The van der Waals surface area contributed by atoms with Crippen LogP contribution < -0.4 is 10.2 Å². The summed E-state index contributed by atoms with van der Waals surface area (Å²) in [5, 5.41) is 2.76. The van der Waals surface area contributed by atoms with Gasteiger partial charge in [-0.05, 0) is 36.8 Å². The molecule has 0 aliphatic carbocycles. The number of nitrogens with one attached hydrogen (secondary N) is 1. The molecule has 2 aliphatic rings. The van der Waals surface area contributed by atoms with Gasteiger partial charge in [-0.2, -0.15) is 4.31 Å². The molecule has 11 heteroatoms. The van der Waals surface area contributed by atoms with E-state index in [0.29, 0.717) is 69.6 Å². The van der Waals surface area contributed by atoms with Crippen LogP contribution in [0.15, 0.2) is 41.4 Å². The summed E-state index contributed by atoms with van der Waals surface area (Å²) >= 11 is 0. The minimum Gasteiger partial charge on any atom is -0.379 e. The van der Waals surface area contributed by atoms with Crippen molar-refractivity contribution < 1.29 is 22.7 Å². The largest absolute Gasteiger partial charge is 0.379 e. The van der Waals surface area contributed by atoms with E-state index in [1.165, 1.54) is 17.4 Å². The summed E-state index contributed by atoms with van der Waals surface area (Å²) in [6.45, 7) is 6.97. The molecule has 1 aromatic heterocycles. The summed E-state index contributed by atoms with van der Waals surface area (Å²) in [5.74, 6) is 0.403. The molecule has 10 nitrogen and oxygen atoms in total. The van der Waals surface area contributed by atoms with E-state index in [2.05, 4.69) is 10.3 Å². The molecule has 34 heavy (non-hydrogen) atoms. The smallest absolute Gasteiger partial charge is 0.254 e. The van der Waals surface area contributed by atoms with Gasteiger partial charge in [-0.3, -0.25) is 9.59 Å². The third-order valence-corrected chi connectivity index (χ3v) is 7.90. The number of aromatic nitrogens is 1. The van der Waals surface area contributed by atoms with Crippen LogP contribution in [0, 0.1) is 6.92 Å². The molecule has 2 aromatic rings. The summed E-state index contributed by atoms with van der Waals surface area (Å²) in [6, 6.07) is 8.60. The van der Waals surface area contributed by atoms with E-state index < -0.39 is 10.0 Å². The van der Waals surface area contributed by atoms with E-state index in [4.69, 9.17) is 4.74 Å². The van der Waals surface area contributed by atoms with Crippen molar-refractivity contribution in [3.63, 3.8) is 0 Å². The number of hydrogen-bond acceptors (Lipinski definition) is 7. The van der Waals surface area contributed by atoms with Crippen molar-refractivity contribution >= 4 is 33.3 Å². The van der Waals surface area contributed by atoms with Gasteiger partial charge in [0.25, 0.3) is 5.91 Å². The lowest BCUT2D eigenvalue weighted by Crippen LogP contribution is -2.49. The van der Waals surface area contributed by atoms with Crippen LogP contribution in [0.4, 0.5) is 11.5 Å². The molecule has 0 unspecified atom stereocenters. The predicted octanol–water partition coefficient (Wildman–Crippen LogP) is 1.33.